The maximum absolute atomic E-state index is 12.7. The zero-order chi connectivity index (χ0) is 21.7. The summed E-state index contributed by atoms with van der Waals surface area (Å²) in [5.74, 6) is 2.37. The first-order valence-corrected chi connectivity index (χ1v) is 10.6. The van der Waals surface area contributed by atoms with Gasteiger partial charge in [-0.15, -0.1) is 10.2 Å². The summed E-state index contributed by atoms with van der Waals surface area (Å²) in [6, 6.07) is 17.6. The Morgan fingerprint density at radius 3 is 2.72 bits per heavy atom. The number of anilines is 1. The molecule has 1 fully saturated rings. The number of amides is 1. The minimum Gasteiger partial charge on any atom is -0.454 e. The zero-order valence-corrected chi connectivity index (χ0v) is 17.5. The third-order valence-corrected chi connectivity index (χ3v) is 6.03. The van der Waals surface area contributed by atoms with Crippen molar-refractivity contribution in [1.82, 2.24) is 20.0 Å². The molecule has 0 unspecified atom stereocenters. The molecular formula is C24H21N5O3. The van der Waals surface area contributed by atoms with Crippen molar-refractivity contribution in [2.75, 3.05) is 12.1 Å². The van der Waals surface area contributed by atoms with Crippen molar-refractivity contribution in [3.8, 4) is 22.8 Å². The lowest BCUT2D eigenvalue weighted by molar-refractivity contribution is -0.117. The normalized spacial score (nSPS) is 18.7. The third-order valence-electron chi connectivity index (χ3n) is 6.03. The van der Waals surface area contributed by atoms with Gasteiger partial charge >= 0.3 is 0 Å². The molecule has 2 atom stereocenters. The largest absolute Gasteiger partial charge is 0.454 e. The number of nitrogens with zero attached hydrogens (tertiary/aromatic N) is 4. The van der Waals surface area contributed by atoms with Gasteiger partial charge in [0.05, 0.1) is 17.6 Å². The van der Waals surface area contributed by atoms with Gasteiger partial charge in [0, 0.05) is 11.5 Å². The van der Waals surface area contributed by atoms with Crippen LogP contribution in [0.4, 0.5) is 5.82 Å². The molecule has 32 heavy (non-hydrogen) atoms. The summed E-state index contributed by atoms with van der Waals surface area (Å²) in [7, 11) is 0. The van der Waals surface area contributed by atoms with E-state index in [-0.39, 0.29) is 18.6 Å². The standard InChI is InChI=1S/C24H21N5O3/c1-14-9-17(14)24(30)25-22-18-11-19(16-7-8-20-21(10-16)32-13-31-20)26-27-23(18)29(28-22)12-15-5-3-2-4-6-15/h2-8,10-11,14,17H,9,12-13H2,1H3,(H,25,28,30)/t14-,17-/m1/s1. The van der Waals surface area contributed by atoms with Crippen LogP contribution in [-0.2, 0) is 11.3 Å². The molecule has 1 aliphatic carbocycles. The van der Waals surface area contributed by atoms with Gasteiger partial charge in [-0.3, -0.25) is 4.79 Å². The molecular weight excluding hydrogens is 406 g/mol. The van der Waals surface area contributed by atoms with E-state index < -0.39 is 0 Å². The summed E-state index contributed by atoms with van der Waals surface area (Å²) in [5.41, 5.74) is 3.24. The van der Waals surface area contributed by atoms with Crippen molar-refractivity contribution in [2.24, 2.45) is 11.8 Å². The fourth-order valence-electron chi connectivity index (χ4n) is 4.02. The van der Waals surface area contributed by atoms with E-state index in [1.807, 2.05) is 54.6 Å². The van der Waals surface area contributed by atoms with Gasteiger partial charge in [0.15, 0.2) is 23.0 Å². The molecule has 8 heteroatoms. The Kier molecular flexibility index (Phi) is 4.31. The van der Waals surface area contributed by atoms with Gasteiger partial charge in [-0.05, 0) is 42.2 Å². The minimum absolute atomic E-state index is 0.00482. The molecule has 4 aromatic rings. The predicted octanol–water partition coefficient (Wildman–Crippen LogP) is 3.86. The van der Waals surface area contributed by atoms with Crippen LogP contribution in [0.5, 0.6) is 11.5 Å². The smallest absolute Gasteiger partial charge is 0.231 e. The Morgan fingerprint density at radius 1 is 1.09 bits per heavy atom. The Bertz CT molecular complexity index is 1330. The fourth-order valence-corrected chi connectivity index (χ4v) is 4.02. The van der Waals surface area contributed by atoms with Crippen LogP contribution in [0.3, 0.4) is 0 Å². The number of nitrogens with one attached hydrogen (secondary N) is 1. The molecule has 2 aromatic heterocycles. The highest BCUT2D eigenvalue weighted by atomic mass is 16.7. The average Bonchev–Trinajstić information content (AvgIpc) is 3.23. The van der Waals surface area contributed by atoms with E-state index in [9.17, 15) is 4.79 Å². The first kappa shape index (κ1) is 18.8. The maximum Gasteiger partial charge on any atom is 0.231 e. The number of hydrogen-bond acceptors (Lipinski definition) is 6. The highest BCUT2D eigenvalue weighted by Crippen LogP contribution is 2.39. The van der Waals surface area contributed by atoms with Gasteiger partial charge in [-0.1, -0.05) is 37.3 Å². The van der Waals surface area contributed by atoms with Crippen LogP contribution in [0.15, 0.2) is 54.6 Å². The van der Waals surface area contributed by atoms with Crippen molar-refractivity contribution >= 4 is 22.8 Å². The Morgan fingerprint density at radius 2 is 1.91 bits per heavy atom. The number of benzene rings is 2. The van der Waals surface area contributed by atoms with E-state index in [2.05, 4.69) is 27.5 Å². The maximum atomic E-state index is 12.7. The topological polar surface area (TPSA) is 91.2 Å². The van der Waals surface area contributed by atoms with E-state index >= 15 is 0 Å². The van der Waals surface area contributed by atoms with Crippen molar-refractivity contribution < 1.29 is 14.3 Å². The molecule has 0 bridgehead atoms. The van der Waals surface area contributed by atoms with Gasteiger partial charge in [-0.25, -0.2) is 4.68 Å². The van der Waals surface area contributed by atoms with Crippen molar-refractivity contribution in [3.05, 3.63) is 60.2 Å². The van der Waals surface area contributed by atoms with Gasteiger partial charge in [-0.2, -0.15) is 5.10 Å². The molecule has 2 aliphatic rings. The summed E-state index contributed by atoms with van der Waals surface area (Å²) < 4.78 is 12.7. The Balaban J connectivity index is 1.41. The molecule has 160 valence electrons. The lowest BCUT2D eigenvalue weighted by Gasteiger charge is -2.04. The molecule has 1 aliphatic heterocycles. The van der Waals surface area contributed by atoms with Gasteiger partial charge < -0.3 is 14.8 Å². The number of carbonyl (C=O) groups excluding carboxylic acids is 1. The van der Waals surface area contributed by atoms with Crippen molar-refractivity contribution in [2.45, 2.75) is 19.9 Å². The van der Waals surface area contributed by atoms with E-state index in [1.54, 1.807) is 4.68 Å². The van der Waals surface area contributed by atoms with Crippen LogP contribution in [0.25, 0.3) is 22.3 Å². The van der Waals surface area contributed by atoms with Crippen LogP contribution in [0.1, 0.15) is 18.9 Å². The van der Waals surface area contributed by atoms with Gasteiger partial charge in [0.1, 0.15) is 0 Å². The summed E-state index contributed by atoms with van der Waals surface area (Å²) in [4.78, 5) is 12.7. The predicted molar refractivity (Wildman–Crippen MR) is 118 cm³/mol. The molecule has 0 saturated heterocycles. The minimum atomic E-state index is 0.00482. The molecule has 3 heterocycles. The highest BCUT2D eigenvalue weighted by molar-refractivity contribution is 6.01. The first-order valence-electron chi connectivity index (χ1n) is 10.6. The molecule has 1 saturated carbocycles. The van der Waals surface area contributed by atoms with E-state index in [0.717, 1.165) is 22.9 Å². The summed E-state index contributed by atoms with van der Waals surface area (Å²) in [6.07, 6.45) is 0.913. The van der Waals surface area contributed by atoms with Gasteiger partial charge in [0.25, 0.3) is 0 Å². The van der Waals surface area contributed by atoms with Crippen molar-refractivity contribution in [3.63, 3.8) is 0 Å². The monoisotopic (exact) mass is 427 g/mol. The van der Waals surface area contributed by atoms with Crippen LogP contribution in [0.2, 0.25) is 0 Å². The molecule has 0 spiro atoms. The van der Waals surface area contributed by atoms with Crippen LogP contribution >= 0.6 is 0 Å². The van der Waals surface area contributed by atoms with E-state index in [4.69, 9.17) is 9.47 Å². The number of ether oxygens (including phenoxy) is 2. The lowest BCUT2D eigenvalue weighted by atomic mass is 10.1. The van der Waals surface area contributed by atoms with Crippen LogP contribution in [0, 0.1) is 11.8 Å². The van der Waals surface area contributed by atoms with E-state index in [0.29, 0.717) is 41.1 Å². The SMILES string of the molecule is C[C@@H]1C[C@H]1C(=O)Nc1nn(Cc2ccccc2)c2nnc(-c3ccc4c(c3)OCO4)cc12. The summed E-state index contributed by atoms with van der Waals surface area (Å²) in [6.45, 7) is 2.83. The van der Waals surface area contributed by atoms with Crippen LogP contribution < -0.4 is 14.8 Å². The quantitative estimate of drug-likeness (QED) is 0.520. The Labute approximate surface area is 184 Å². The van der Waals surface area contributed by atoms with E-state index in [1.165, 1.54) is 0 Å². The highest BCUT2D eigenvalue weighted by Gasteiger charge is 2.39. The second kappa shape index (κ2) is 7.33. The number of carbonyl (C=O) groups is 1. The fraction of sp³-hybridized carbons (Fsp3) is 0.250. The molecule has 1 amide bonds. The summed E-state index contributed by atoms with van der Waals surface area (Å²) >= 11 is 0. The number of rotatable bonds is 5. The lowest BCUT2D eigenvalue weighted by Crippen LogP contribution is -2.15. The number of hydrogen-bond donors (Lipinski definition) is 1. The number of aromatic nitrogens is 4. The van der Waals surface area contributed by atoms with Crippen LogP contribution in [-0.4, -0.2) is 32.7 Å². The zero-order valence-electron chi connectivity index (χ0n) is 17.5. The first-order chi connectivity index (χ1) is 15.7. The second-order valence-electron chi connectivity index (χ2n) is 8.34. The molecule has 8 nitrogen and oxygen atoms in total. The second-order valence-corrected chi connectivity index (χ2v) is 8.34. The molecule has 1 N–H and O–H groups in total. The number of fused-ring (bicyclic) bond motifs is 2. The third kappa shape index (κ3) is 3.33. The molecule has 6 rings (SSSR count). The molecule has 2 aromatic carbocycles. The van der Waals surface area contributed by atoms with Crippen molar-refractivity contribution in [1.29, 1.82) is 0 Å². The average molecular weight is 427 g/mol. The summed E-state index contributed by atoms with van der Waals surface area (Å²) in [5, 5.41) is 17.4. The van der Waals surface area contributed by atoms with Gasteiger partial charge in [0.2, 0.25) is 12.7 Å². The molecule has 0 radical (unpaired) electrons. The Hall–Kier alpha value is -3.94.